The van der Waals surface area contributed by atoms with E-state index in [1.807, 2.05) is 0 Å². The normalized spacial score (nSPS) is 11.4. The van der Waals surface area contributed by atoms with Crippen LogP contribution in [-0.4, -0.2) is 22.6 Å². The van der Waals surface area contributed by atoms with E-state index in [0.717, 1.165) is 0 Å². The third-order valence-corrected chi connectivity index (χ3v) is 3.55. The molecule has 0 saturated carbocycles. The van der Waals surface area contributed by atoms with Crippen molar-refractivity contribution in [3.05, 3.63) is 22.2 Å². The molecule has 96 valence electrons. The van der Waals surface area contributed by atoms with E-state index in [-0.39, 0.29) is 10.8 Å². The van der Waals surface area contributed by atoms with Crippen LogP contribution in [0.25, 0.3) is 0 Å². The van der Waals surface area contributed by atoms with Crippen molar-refractivity contribution in [3.8, 4) is 11.5 Å². The summed E-state index contributed by atoms with van der Waals surface area (Å²) in [6.07, 6.45) is 0. The fraction of sp³-hybridized carbons (Fsp3) is 0.400. The van der Waals surface area contributed by atoms with Crippen LogP contribution in [0.5, 0.6) is 11.5 Å². The monoisotopic (exact) mass is 298 g/mol. The number of rotatable bonds is 4. The summed E-state index contributed by atoms with van der Waals surface area (Å²) >= 11 is 5.97. The smallest absolute Gasteiger partial charge is 0.236 e. The van der Waals surface area contributed by atoms with Gasteiger partial charge in [0.05, 0.1) is 25.0 Å². The molecule has 0 spiro atoms. The second kappa shape index (κ2) is 5.33. The minimum absolute atomic E-state index is 0.283. The molecule has 0 unspecified atom stereocenters. The number of methoxy groups -OCH3 is 2. The maximum atomic E-state index is 11.1. The van der Waals surface area contributed by atoms with E-state index in [1.54, 1.807) is 6.92 Å². The van der Waals surface area contributed by atoms with Gasteiger partial charge in [0.15, 0.2) is 11.5 Å². The molecular formula is C10H12Cl2O4S. The van der Waals surface area contributed by atoms with Gasteiger partial charge in [-0.25, -0.2) is 8.42 Å². The van der Waals surface area contributed by atoms with Crippen LogP contribution >= 0.6 is 22.3 Å². The molecule has 0 bridgehead atoms. The van der Waals surface area contributed by atoms with Crippen molar-refractivity contribution in [1.82, 2.24) is 0 Å². The van der Waals surface area contributed by atoms with Gasteiger partial charge >= 0.3 is 0 Å². The van der Waals surface area contributed by atoms with Crippen LogP contribution in [0.15, 0.2) is 6.07 Å². The van der Waals surface area contributed by atoms with Gasteiger partial charge in [-0.05, 0) is 24.1 Å². The molecule has 0 amide bonds. The first-order chi connectivity index (χ1) is 7.80. The summed E-state index contributed by atoms with van der Waals surface area (Å²) in [5.41, 5.74) is 1.13. The third kappa shape index (κ3) is 3.40. The Balaban J connectivity index is 3.40. The molecule has 0 saturated heterocycles. The standard InChI is InChI=1S/C10H12Cl2O4S/c1-6-7(5-17(12,13)14)4-8(11)10(16-3)9(6)15-2/h4H,5H2,1-3H3. The number of benzene rings is 1. The van der Waals surface area contributed by atoms with E-state index < -0.39 is 9.05 Å². The molecule has 0 radical (unpaired) electrons. The quantitative estimate of drug-likeness (QED) is 0.802. The molecule has 1 rings (SSSR count). The SMILES string of the molecule is COc1c(Cl)cc(CS(=O)(=O)Cl)c(C)c1OC. The van der Waals surface area contributed by atoms with Gasteiger partial charge in [-0.15, -0.1) is 0 Å². The van der Waals surface area contributed by atoms with Crippen LogP contribution in [0.3, 0.4) is 0 Å². The molecule has 0 aliphatic heterocycles. The van der Waals surface area contributed by atoms with Gasteiger partial charge in [-0.3, -0.25) is 0 Å². The summed E-state index contributed by atoms with van der Waals surface area (Å²) in [6.45, 7) is 1.72. The summed E-state index contributed by atoms with van der Waals surface area (Å²) in [5, 5.41) is 0.283. The third-order valence-electron chi connectivity index (χ3n) is 2.28. The van der Waals surface area contributed by atoms with Gasteiger partial charge in [0.25, 0.3) is 0 Å². The van der Waals surface area contributed by atoms with Crippen molar-refractivity contribution < 1.29 is 17.9 Å². The lowest BCUT2D eigenvalue weighted by molar-refractivity contribution is 0.352. The van der Waals surface area contributed by atoms with E-state index in [0.29, 0.717) is 22.6 Å². The lowest BCUT2D eigenvalue weighted by atomic mass is 10.1. The molecule has 0 atom stereocenters. The molecule has 0 N–H and O–H groups in total. The lowest BCUT2D eigenvalue weighted by Gasteiger charge is -2.15. The second-order valence-electron chi connectivity index (χ2n) is 3.39. The van der Waals surface area contributed by atoms with Gasteiger partial charge in [0.2, 0.25) is 9.05 Å². The molecule has 0 heterocycles. The number of hydrogen-bond donors (Lipinski definition) is 0. The Bertz CT molecular complexity index is 526. The highest BCUT2D eigenvalue weighted by molar-refractivity contribution is 8.13. The fourth-order valence-corrected chi connectivity index (χ4v) is 2.84. The highest BCUT2D eigenvalue weighted by Gasteiger charge is 2.19. The molecule has 1 aromatic rings. The van der Waals surface area contributed by atoms with Crippen LogP contribution in [0.4, 0.5) is 0 Å². The Hall–Kier alpha value is -0.650. The van der Waals surface area contributed by atoms with Crippen molar-refractivity contribution >= 4 is 31.3 Å². The maximum Gasteiger partial charge on any atom is 0.236 e. The van der Waals surface area contributed by atoms with E-state index in [9.17, 15) is 8.42 Å². The highest BCUT2D eigenvalue weighted by Crippen LogP contribution is 2.40. The van der Waals surface area contributed by atoms with Crippen LogP contribution < -0.4 is 9.47 Å². The first-order valence-electron chi connectivity index (χ1n) is 4.62. The average Bonchev–Trinajstić information content (AvgIpc) is 2.20. The maximum absolute atomic E-state index is 11.1. The zero-order valence-corrected chi connectivity index (χ0v) is 11.9. The van der Waals surface area contributed by atoms with Crippen molar-refractivity contribution in [1.29, 1.82) is 0 Å². The molecular weight excluding hydrogens is 287 g/mol. The van der Waals surface area contributed by atoms with E-state index in [1.165, 1.54) is 20.3 Å². The topological polar surface area (TPSA) is 52.6 Å². The summed E-state index contributed by atoms with van der Waals surface area (Å²) in [6, 6.07) is 1.51. The number of halogens is 2. The van der Waals surface area contributed by atoms with Crippen molar-refractivity contribution in [3.63, 3.8) is 0 Å². The number of ether oxygens (including phenoxy) is 2. The summed E-state index contributed by atoms with van der Waals surface area (Å²) in [5.74, 6) is 0.484. The van der Waals surface area contributed by atoms with Crippen molar-refractivity contribution in [2.75, 3.05) is 14.2 Å². The lowest BCUT2D eigenvalue weighted by Crippen LogP contribution is -2.02. The van der Waals surface area contributed by atoms with Crippen molar-refractivity contribution in [2.45, 2.75) is 12.7 Å². The van der Waals surface area contributed by atoms with Crippen LogP contribution in [-0.2, 0) is 14.8 Å². The fourth-order valence-electron chi connectivity index (χ4n) is 1.52. The van der Waals surface area contributed by atoms with Crippen LogP contribution in [0.1, 0.15) is 11.1 Å². The van der Waals surface area contributed by atoms with Gasteiger partial charge in [-0.2, -0.15) is 0 Å². The van der Waals surface area contributed by atoms with Gasteiger partial charge in [0.1, 0.15) is 0 Å². The van der Waals surface area contributed by atoms with E-state index in [4.69, 9.17) is 31.8 Å². The summed E-state index contributed by atoms with van der Waals surface area (Å²) in [4.78, 5) is 0. The highest BCUT2D eigenvalue weighted by atomic mass is 35.7. The molecule has 0 aliphatic carbocycles. The Morgan fingerprint density at radius 2 is 1.76 bits per heavy atom. The summed E-state index contributed by atoms with van der Waals surface area (Å²) < 4.78 is 32.4. The Labute approximate surface area is 110 Å². The van der Waals surface area contributed by atoms with Gasteiger partial charge in [0, 0.05) is 10.7 Å². The molecule has 4 nitrogen and oxygen atoms in total. The number of hydrogen-bond acceptors (Lipinski definition) is 4. The molecule has 17 heavy (non-hydrogen) atoms. The minimum Gasteiger partial charge on any atom is -0.493 e. The molecule has 1 aromatic carbocycles. The average molecular weight is 299 g/mol. The second-order valence-corrected chi connectivity index (χ2v) is 6.58. The Morgan fingerprint density at radius 3 is 2.18 bits per heavy atom. The predicted octanol–water partition coefficient (Wildman–Crippen LogP) is 2.73. The zero-order valence-electron chi connectivity index (χ0n) is 9.58. The molecule has 0 fully saturated rings. The molecule has 7 heteroatoms. The Kier molecular flexibility index (Phi) is 4.52. The Morgan fingerprint density at radius 1 is 1.24 bits per heavy atom. The predicted molar refractivity (Wildman–Crippen MR) is 67.8 cm³/mol. The zero-order chi connectivity index (χ0) is 13.2. The van der Waals surface area contributed by atoms with Gasteiger partial charge < -0.3 is 9.47 Å². The van der Waals surface area contributed by atoms with E-state index >= 15 is 0 Å². The van der Waals surface area contributed by atoms with Crippen LogP contribution in [0.2, 0.25) is 5.02 Å². The van der Waals surface area contributed by atoms with Crippen LogP contribution in [0, 0.1) is 6.92 Å². The first kappa shape index (κ1) is 14.4. The first-order valence-corrected chi connectivity index (χ1v) is 7.48. The van der Waals surface area contributed by atoms with E-state index in [2.05, 4.69) is 0 Å². The minimum atomic E-state index is -3.64. The molecule has 0 aromatic heterocycles. The summed E-state index contributed by atoms with van der Waals surface area (Å²) in [7, 11) is 4.49. The van der Waals surface area contributed by atoms with Gasteiger partial charge in [-0.1, -0.05) is 11.6 Å². The molecule has 0 aliphatic rings. The van der Waals surface area contributed by atoms with Crippen molar-refractivity contribution in [2.24, 2.45) is 0 Å². The largest absolute Gasteiger partial charge is 0.493 e.